The summed E-state index contributed by atoms with van der Waals surface area (Å²) in [4.78, 5) is 17.3. The van der Waals surface area contributed by atoms with E-state index >= 15 is 0 Å². The monoisotopic (exact) mass is 351 g/mol. The molecule has 1 atom stereocenters. The highest BCUT2D eigenvalue weighted by Crippen LogP contribution is 2.24. The molecule has 0 radical (unpaired) electrons. The third-order valence-corrected chi connectivity index (χ3v) is 4.88. The highest BCUT2D eigenvalue weighted by Gasteiger charge is 2.20. The van der Waals surface area contributed by atoms with Gasteiger partial charge in [-0.2, -0.15) is 0 Å². The van der Waals surface area contributed by atoms with Crippen LogP contribution in [0.4, 0.5) is 5.69 Å². The van der Waals surface area contributed by atoms with Gasteiger partial charge in [-0.15, -0.1) is 0 Å². The number of aryl methyl sites for hydroxylation is 2. The summed E-state index contributed by atoms with van der Waals surface area (Å²) in [5, 5.41) is 6.90. The van der Waals surface area contributed by atoms with Crippen LogP contribution < -0.4 is 11.1 Å². The lowest BCUT2D eigenvalue weighted by molar-refractivity contribution is 0.102. The number of pyridine rings is 1. The third-order valence-electron chi connectivity index (χ3n) is 4.88. The summed E-state index contributed by atoms with van der Waals surface area (Å²) in [6, 6.07) is 5.76. The van der Waals surface area contributed by atoms with Crippen LogP contribution in [-0.2, 0) is 12.8 Å². The van der Waals surface area contributed by atoms with Crippen molar-refractivity contribution in [3.63, 3.8) is 0 Å². The predicted molar refractivity (Wildman–Crippen MR) is 97.5 cm³/mol. The molecule has 7 nitrogen and oxygen atoms in total. The molecule has 0 aromatic carbocycles. The number of anilines is 1. The van der Waals surface area contributed by atoms with Crippen molar-refractivity contribution in [2.75, 3.05) is 5.32 Å². The van der Waals surface area contributed by atoms with E-state index in [4.69, 9.17) is 10.3 Å². The predicted octanol–water partition coefficient (Wildman–Crippen LogP) is 2.55. The molecule has 0 fully saturated rings. The van der Waals surface area contributed by atoms with Crippen molar-refractivity contribution in [2.24, 2.45) is 5.73 Å². The van der Waals surface area contributed by atoms with Crippen molar-refractivity contribution in [3.8, 4) is 5.82 Å². The number of carbonyl (C=O) groups excluding carboxylic acids is 1. The van der Waals surface area contributed by atoms with Gasteiger partial charge in [0, 0.05) is 29.2 Å². The molecule has 3 heterocycles. The van der Waals surface area contributed by atoms with E-state index in [2.05, 4.69) is 15.5 Å². The average molecular weight is 351 g/mol. The summed E-state index contributed by atoms with van der Waals surface area (Å²) in [6.07, 6.45) is 5.87. The maximum absolute atomic E-state index is 12.8. The Kier molecular flexibility index (Phi) is 4.08. The maximum Gasteiger partial charge on any atom is 0.257 e. The minimum Gasteiger partial charge on any atom is -0.363 e. The number of rotatable bonds is 3. The molecule has 3 aromatic heterocycles. The lowest BCUT2D eigenvalue weighted by Gasteiger charge is -2.21. The first-order valence-corrected chi connectivity index (χ1v) is 8.67. The molecule has 1 unspecified atom stereocenters. The van der Waals surface area contributed by atoms with Crippen LogP contribution in [0.25, 0.3) is 5.82 Å². The van der Waals surface area contributed by atoms with Crippen LogP contribution in [0.15, 0.2) is 35.2 Å². The van der Waals surface area contributed by atoms with Crippen LogP contribution in [0.1, 0.15) is 39.4 Å². The average Bonchev–Trinajstić information content (AvgIpc) is 3.22. The summed E-state index contributed by atoms with van der Waals surface area (Å²) >= 11 is 0. The molecule has 26 heavy (non-hydrogen) atoms. The summed E-state index contributed by atoms with van der Waals surface area (Å²) in [6.45, 7) is 3.82. The van der Waals surface area contributed by atoms with Gasteiger partial charge in [-0.25, -0.2) is 0 Å². The fourth-order valence-corrected chi connectivity index (χ4v) is 3.58. The molecule has 0 spiro atoms. The molecule has 1 aliphatic carbocycles. The number of nitrogens with one attached hydrogen (secondary N) is 1. The number of amides is 1. The van der Waals surface area contributed by atoms with E-state index in [-0.39, 0.29) is 11.9 Å². The van der Waals surface area contributed by atoms with Crippen molar-refractivity contribution in [2.45, 2.75) is 39.2 Å². The second-order valence-electron chi connectivity index (χ2n) is 6.76. The zero-order chi connectivity index (χ0) is 18.3. The Balaban J connectivity index is 1.60. The second kappa shape index (κ2) is 6.42. The molecule has 1 amide bonds. The van der Waals surface area contributed by atoms with Crippen LogP contribution >= 0.6 is 0 Å². The molecule has 3 aromatic rings. The van der Waals surface area contributed by atoms with Gasteiger partial charge in [0.15, 0.2) is 5.82 Å². The van der Waals surface area contributed by atoms with E-state index in [0.29, 0.717) is 17.1 Å². The van der Waals surface area contributed by atoms with E-state index < -0.39 is 0 Å². The van der Waals surface area contributed by atoms with Crippen LogP contribution in [0, 0.1) is 13.8 Å². The first-order valence-electron chi connectivity index (χ1n) is 8.67. The Morgan fingerprint density at radius 3 is 3.00 bits per heavy atom. The first kappa shape index (κ1) is 16.5. The Hall–Kier alpha value is -2.93. The molecule has 0 saturated heterocycles. The molecule has 3 N–H and O–H groups in total. The number of fused-ring (bicyclic) bond motifs is 1. The minimum absolute atomic E-state index is 0.164. The molecule has 0 saturated carbocycles. The van der Waals surface area contributed by atoms with Crippen LogP contribution in [-0.4, -0.2) is 26.7 Å². The fraction of sp³-hybridized carbons (Fsp3) is 0.316. The maximum atomic E-state index is 12.8. The van der Waals surface area contributed by atoms with Gasteiger partial charge in [0.25, 0.3) is 5.91 Å². The van der Waals surface area contributed by atoms with E-state index in [0.717, 1.165) is 41.9 Å². The highest BCUT2D eigenvalue weighted by atomic mass is 16.5. The van der Waals surface area contributed by atoms with Crippen molar-refractivity contribution < 1.29 is 9.32 Å². The Morgan fingerprint density at radius 1 is 1.38 bits per heavy atom. The van der Waals surface area contributed by atoms with Crippen LogP contribution in [0.3, 0.4) is 0 Å². The molecule has 7 heteroatoms. The molecule has 1 aliphatic rings. The summed E-state index contributed by atoms with van der Waals surface area (Å²) in [5.41, 5.74) is 11.3. The number of hydrogen-bond donors (Lipinski definition) is 2. The fourth-order valence-electron chi connectivity index (χ4n) is 3.58. The number of nitrogens with two attached hydrogens (primary N) is 1. The van der Waals surface area contributed by atoms with E-state index in [1.807, 2.05) is 30.5 Å². The van der Waals surface area contributed by atoms with Gasteiger partial charge in [-0.05, 0) is 50.8 Å². The zero-order valence-corrected chi connectivity index (χ0v) is 14.8. The molecular formula is C19H21N5O2. The molecule has 134 valence electrons. The smallest absolute Gasteiger partial charge is 0.257 e. The lowest BCUT2D eigenvalue weighted by Crippen LogP contribution is -2.28. The van der Waals surface area contributed by atoms with Gasteiger partial charge in [0.1, 0.15) is 6.26 Å². The Morgan fingerprint density at radius 2 is 2.23 bits per heavy atom. The zero-order valence-electron chi connectivity index (χ0n) is 14.8. The van der Waals surface area contributed by atoms with Gasteiger partial charge in [0.05, 0.1) is 17.4 Å². The normalized spacial score (nSPS) is 16.3. The van der Waals surface area contributed by atoms with Gasteiger partial charge in [-0.1, -0.05) is 5.16 Å². The summed E-state index contributed by atoms with van der Waals surface area (Å²) in [7, 11) is 0. The number of carbonyl (C=O) groups is 1. The van der Waals surface area contributed by atoms with Crippen molar-refractivity contribution >= 4 is 11.6 Å². The third kappa shape index (κ3) is 2.90. The SMILES string of the molecule is Cc1cc(C(=O)Nc2cnc3c(c2)CC(N)CC3)c(C)n1-c1ccon1. The van der Waals surface area contributed by atoms with Crippen molar-refractivity contribution in [3.05, 3.63) is 58.9 Å². The minimum atomic E-state index is -0.172. The van der Waals surface area contributed by atoms with Gasteiger partial charge in [0.2, 0.25) is 0 Å². The van der Waals surface area contributed by atoms with E-state index in [1.54, 1.807) is 12.3 Å². The quantitative estimate of drug-likeness (QED) is 0.755. The van der Waals surface area contributed by atoms with Gasteiger partial charge in [-0.3, -0.25) is 14.3 Å². The highest BCUT2D eigenvalue weighted by molar-refractivity contribution is 6.05. The van der Waals surface area contributed by atoms with Crippen LogP contribution in [0.2, 0.25) is 0 Å². The second-order valence-corrected chi connectivity index (χ2v) is 6.76. The number of hydrogen-bond acceptors (Lipinski definition) is 5. The molecule has 4 rings (SSSR count). The molecule has 0 aliphatic heterocycles. The summed E-state index contributed by atoms with van der Waals surface area (Å²) in [5.74, 6) is 0.484. The van der Waals surface area contributed by atoms with Crippen molar-refractivity contribution in [1.82, 2.24) is 14.7 Å². The lowest BCUT2D eigenvalue weighted by atomic mass is 9.92. The van der Waals surface area contributed by atoms with E-state index in [9.17, 15) is 4.79 Å². The summed E-state index contributed by atoms with van der Waals surface area (Å²) < 4.78 is 6.81. The van der Waals surface area contributed by atoms with Gasteiger partial charge >= 0.3 is 0 Å². The van der Waals surface area contributed by atoms with E-state index in [1.165, 1.54) is 6.26 Å². The molecule has 0 bridgehead atoms. The van der Waals surface area contributed by atoms with Crippen molar-refractivity contribution in [1.29, 1.82) is 0 Å². The topological polar surface area (TPSA) is 99.0 Å². The Labute approximate surface area is 151 Å². The molecular weight excluding hydrogens is 330 g/mol. The largest absolute Gasteiger partial charge is 0.363 e. The number of nitrogens with zero attached hydrogens (tertiary/aromatic N) is 3. The standard InChI is InChI=1S/C19H21N5O2/c1-11-7-16(12(2)24(11)18-5-6-26-23-18)19(25)22-15-9-13-8-14(20)3-4-17(13)21-10-15/h5-7,9-10,14H,3-4,8,20H2,1-2H3,(H,22,25). The van der Waals surface area contributed by atoms with Gasteiger partial charge < -0.3 is 15.6 Å². The van der Waals surface area contributed by atoms with Crippen LogP contribution in [0.5, 0.6) is 0 Å². The Bertz CT molecular complexity index is 959. The first-order chi connectivity index (χ1) is 12.5. The number of aromatic nitrogens is 3.